The maximum Gasteiger partial charge on any atom is 0.229 e. The molecule has 7 nitrogen and oxygen atoms in total. The van der Waals surface area contributed by atoms with E-state index in [1.807, 2.05) is 84.9 Å². The Bertz CT molecular complexity index is 3270. The number of hydrogen-bond acceptors (Lipinski definition) is 7. The van der Waals surface area contributed by atoms with Crippen molar-refractivity contribution < 1.29 is 4.42 Å². The first-order chi connectivity index (χ1) is 28.2. The highest BCUT2D eigenvalue weighted by atomic mass is 16.3. The van der Waals surface area contributed by atoms with E-state index in [1.54, 1.807) is 6.20 Å². The molecule has 11 rings (SSSR count). The van der Waals surface area contributed by atoms with Crippen LogP contribution in [-0.2, 0) is 0 Å². The molecule has 0 radical (unpaired) electrons. The molecule has 7 heteroatoms. The van der Waals surface area contributed by atoms with Crippen molar-refractivity contribution in [3.63, 3.8) is 0 Å². The predicted molar refractivity (Wildman–Crippen MR) is 228 cm³/mol. The van der Waals surface area contributed by atoms with E-state index in [-0.39, 0.29) is 0 Å². The van der Waals surface area contributed by atoms with Crippen LogP contribution >= 0.6 is 0 Å². The van der Waals surface area contributed by atoms with Gasteiger partial charge in [0.2, 0.25) is 5.71 Å². The molecule has 0 aliphatic heterocycles. The number of aromatic nitrogens is 6. The molecule has 0 spiro atoms. The number of nitrogens with zero attached hydrogens (tertiary/aromatic N) is 6. The minimum Gasteiger partial charge on any atom is -0.434 e. The van der Waals surface area contributed by atoms with Gasteiger partial charge in [0, 0.05) is 34.0 Å². The molecule has 0 amide bonds. The fourth-order valence-electron chi connectivity index (χ4n) is 7.45. The Morgan fingerprint density at radius 1 is 0.333 bits per heavy atom. The molecule has 0 atom stereocenters. The monoisotopic (exact) mass is 730 g/mol. The highest BCUT2D eigenvalue weighted by Crippen LogP contribution is 2.37. The minimum atomic E-state index is 0.525. The molecule has 11 aromatic rings. The number of benzene rings is 7. The Hall–Kier alpha value is -7.90. The number of pyridine rings is 1. The van der Waals surface area contributed by atoms with Gasteiger partial charge in [-0.3, -0.25) is 0 Å². The van der Waals surface area contributed by atoms with Crippen LogP contribution in [0.2, 0.25) is 0 Å². The third-order valence-electron chi connectivity index (χ3n) is 10.4. The average Bonchev–Trinajstić information content (AvgIpc) is 3.67. The van der Waals surface area contributed by atoms with Crippen molar-refractivity contribution in [3.8, 4) is 67.9 Å². The first-order valence-corrected chi connectivity index (χ1v) is 18.8. The zero-order chi connectivity index (χ0) is 37.7. The third kappa shape index (κ3) is 5.95. The summed E-state index contributed by atoms with van der Waals surface area (Å²) in [6, 6.07) is 59.9. The zero-order valence-electron chi connectivity index (χ0n) is 30.4. The van der Waals surface area contributed by atoms with Gasteiger partial charge in [0.05, 0.1) is 5.39 Å². The lowest BCUT2D eigenvalue weighted by molar-refractivity contribution is 0.652. The van der Waals surface area contributed by atoms with Gasteiger partial charge in [0.25, 0.3) is 0 Å². The van der Waals surface area contributed by atoms with Crippen LogP contribution < -0.4 is 0 Å². The molecule has 57 heavy (non-hydrogen) atoms. The van der Waals surface area contributed by atoms with E-state index in [4.69, 9.17) is 29.3 Å². The van der Waals surface area contributed by atoms with Crippen LogP contribution in [-0.4, -0.2) is 29.9 Å². The van der Waals surface area contributed by atoms with E-state index in [0.717, 1.165) is 55.1 Å². The van der Waals surface area contributed by atoms with Crippen LogP contribution in [0.1, 0.15) is 0 Å². The normalized spacial score (nSPS) is 11.5. The lowest BCUT2D eigenvalue weighted by Gasteiger charge is -2.10. The van der Waals surface area contributed by atoms with Crippen LogP contribution in [0.15, 0.2) is 187 Å². The summed E-state index contributed by atoms with van der Waals surface area (Å²) < 4.78 is 6.35. The molecular formula is C50H30N6O. The third-order valence-corrected chi connectivity index (χ3v) is 10.4. The summed E-state index contributed by atoms with van der Waals surface area (Å²) in [5.41, 5.74) is 9.29. The van der Waals surface area contributed by atoms with E-state index in [0.29, 0.717) is 45.8 Å². The summed E-state index contributed by atoms with van der Waals surface area (Å²) in [5, 5.41) is 5.51. The molecule has 0 saturated heterocycles. The Kier molecular flexibility index (Phi) is 7.67. The maximum absolute atomic E-state index is 6.35. The molecule has 0 N–H and O–H groups in total. The van der Waals surface area contributed by atoms with Crippen molar-refractivity contribution in [2.45, 2.75) is 0 Å². The SMILES string of the molecule is c1ccc(-c2ccc(-c3nc(-c4ccccc4)nc(-c4ccc(-c5nc(-c6ccc7cc8ccccc8cc7c6)c6oc7ncccc7c6n5)cc4)n3)cc2)cc1. The van der Waals surface area contributed by atoms with Crippen molar-refractivity contribution in [2.75, 3.05) is 0 Å². The van der Waals surface area contributed by atoms with Gasteiger partial charge < -0.3 is 4.42 Å². The average molecular weight is 731 g/mol. The van der Waals surface area contributed by atoms with Gasteiger partial charge in [0.15, 0.2) is 28.9 Å². The number of furan rings is 1. The van der Waals surface area contributed by atoms with E-state index >= 15 is 0 Å². The Morgan fingerprint density at radius 2 is 0.807 bits per heavy atom. The van der Waals surface area contributed by atoms with Gasteiger partial charge in [0.1, 0.15) is 11.2 Å². The van der Waals surface area contributed by atoms with Crippen LogP contribution in [0.25, 0.3) is 112 Å². The van der Waals surface area contributed by atoms with Crippen molar-refractivity contribution >= 4 is 43.7 Å². The van der Waals surface area contributed by atoms with Gasteiger partial charge in [-0.15, -0.1) is 0 Å². The smallest absolute Gasteiger partial charge is 0.229 e. The highest BCUT2D eigenvalue weighted by molar-refractivity contribution is 6.07. The molecule has 0 bridgehead atoms. The Balaban J connectivity index is 1.01. The summed E-state index contributed by atoms with van der Waals surface area (Å²) in [5.74, 6) is 2.36. The molecule has 4 heterocycles. The number of hydrogen-bond donors (Lipinski definition) is 0. The molecule has 4 aromatic heterocycles. The van der Waals surface area contributed by atoms with Crippen molar-refractivity contribution in [3.05, 3.63) is 182 Å². The van der Waals surface area contributed by atoms with Crippen LogP contribution in [0.5, 0.6) is 0 Å². The Labute approximate surface area is 327 Å². The van der Waals surface area contributed by atoms with Gasteiger partial charge in [-0.25, -0.2) is 29.9 Å². The minimum absolute atomic E-state index is 0.525. The molecule has 7 aromatic carbocycles. The standard InChI is InChI=1S/C50H30N6O/c1-3-10-31(11-4-1)32-17-19-35(20-18-32)48-54-47(33-12-5-2-6-13-33)55-49(56-48)36-23-21-34(22-24-36)46-52-43(45-44(53-46)42-16-9-27-51-50(42)57-45)40-26-25-39-28-37-14-7-8-15-38(37)29-41(39)30-40/h1-30H. The van der Waals surface area contributed by atoms with Crippen LogP contribution in [0, 0.1) is 0 Å². The van der Waals surface area contributed by atoms with Gasteiger partial charge in [-0.1, -0.05) is 146 Å². The lowest BCUT2D eigenvalue weighted by atomic mass is 10.00. The van der Waals surface area contributed by atoms with Crippen molar-refractivity contribution in [1.82, 2.24) is 29.9 Å². The summed E-state index contributed by atoms with van der Waals surface area (Å²) in [6.07, 6.45) is 1.73. The van der Waals surface area contributed by atoms with Crippen molar-refractivity contribution in [1.29, 1.82) is 0 Å². The molecule has 0 aliphatic rings. The van der Waals surface area contributed by atoms with E-state index in [9.17, 15) is 0 Å². The first-order valence-electron chi connectivity index (χ1n) is 18.8. The molecule has 0 saturated carbocycles. The van der Waals surface area contributed by atoms with E-state index in [1.165, 1.54) is 10.8 Å². The molecule has 0 unspecified atom stereocenters. The Morgan fingerprint density at radius 3 is 1.44 bits per heavy atom. The second kappa shape index (κ2) is 13.4. The van der Waals surface area contributed by atoms with Crippen LogP contribution in [0.4, 0.5) is 0 Å². The summed E-state index contributed by atoms with van der Waals surface area (Å²) in [4.78, 5) is 29.6. The molecule has 0 aliphatic carbocycles. The van der Waals surface area contributed by atoms with Crippen LogP contribution in [0.3, 0.4) is 0 Å². The molecule has 266 valence electrons. The second-order valence-corrected chi connectivity index (χ2v) is 14.0. The predicted octanol–water partition coefficient (Wildman–Crippen LogP) is 12.3. The largest absolute Gasteiger partial charge is 0.434 e. The van der Waals surface area contributed by atoms with Gasteiger partial charge in [-0.05, 0) is 63.0 Å². The van der Waals surface area contributed by atoms with E-state index < -0.39 is 0 Å². The fourth-order valence-corrected chi connectivity index (χ4v) is 7.45. The lowest BCUT2D eigenvalue weighted by Crippen LogP contribution is -2.00. The first kappa shape index (κ1) is 32.5. The highest BCUT2D eigenvalue weighted by Gasteiger charge is 2.20. The molecule has 0 fully saturated rings. The second-order valence-electron chi connectivity index (χ2n) is 14.0. The summed E-state index contributed by atoms with van der Waals surface area (Å²) >= 11 is 0. The topological polar surface area (TPSA) is 90.5 Å². The fraction of sp³-hybridized carbons (Fsp3) is 0. The number of rotatable bonds is 6. The zero-order valence-corrected chi connectivity index (χ0v) is 30.4. The van der Waals surface area contributed by atoms with Gasteiger partial charge in [-0.2, -0.15) is 0 Å². The molecular weight excluding hydrogens is 701 g/mol. The van der Waals surface area contributed by atoms with Gasteiger partial charge >= 0.3 is 0 Å². The quantitative estimate of drug-likeness (QED) is 0.157. The maximum atomic E-state index is 6.35. The summed E-state index contributed by atoms with van der Waals surface area (Å²) in [6.45, 7) is 0. The summed E-state index contributed by atoms with van der Waals surface area (Å²) in [7, 11) is 0. The number of fused-ring (bicyclic) bond motifs is 5. The van der Waals surface area contributed by atoms with Crippen molar-refractivity contribution in [2.24, 2.45) is 0 Å². The van der Waals surface area contributed by atoms with E-state index in [2.05, 4.69) is 96.0 Å².